The van der Waals surface area contributed by atoms with Crippen LogP contribution in [0.5, 0.6) is 0 Å². The fourth-order valence-corrected chi connectivity index (χ4v) is 6.11. The smallest absolute Gasteiger partial charge is 0.243 e. The topological polar surface area (TPSA) is 45.5 Å². The van der Waals surface area contributed by atoms with Crippen molar-refractivity contribution in [3.05, 3.63) is 78.4 Å². The van der Waals surface area contributed by atoms with Crippen LogP contribution in [0.25, 0.3) is 21.8 Å². The van der Waals surface area contributed by atoms with Gasteiger partial charge in [-0.05, 0) is 42.8 Å². The van der Waals surface area contributed by atoms with Crippen LogP contribution in [0.15, 0.2) is 77.7 Å². The maximum Gasteiger partial charge on any atom is 0.243 e. The van der Waals surface area contributed by atoms with E-state index in [1.54, 1.807) is 28.6 Å². The molecule has 0 saturated carbocycles. The van der Waals surface area contributed by atoms with Crippen LogP contribution in [0.3, 0.4) is 0 Å². The minimum absolute atomic E-state index is 0. The molecule has 0 amide bonds. The molecule has 0 aliphatic carbocycles. The van der Waals surface area contributed by atoms with Gasteiger partial charge in [-0.2, -0.15) is 4.31 Å². The molecule has 5 rings (SSSR count). The van der Waals surface area contributed by atoms with Crippen LogP contribution in [-0.2, 0) is 23.1 Å². The Bertz CT molecular complexity index is 1330. The van der Waals surface area contributed by atoms with Crippen molar-refractivity contribution in [2.24, 2.45) is 0 Å². The Morgan fingerprint density at radius 3 is 2.16 bits per heavy atom. The molecule has 4 aromatic rings. The van der Waals surface area contributed by atoms with E-state index in [1.807, 2.05) is 6.07 Å². The van der Waals surface area contributed by atoms with Gasteiger partial charge in [-0.25, -0.2) is 8.42 Å². The third-order valence-electron chi connectivity index (χ3n) is 6.27. The number of aryl methyl sites for hydroxylation is 1. The highest BCUT2D eigenvalue weighted by Crippen LogP contribution is 2.30. The molecule has 0 radical (unpaired) electrons. The molecule has 0 bridgehead atoms. The van der Waals surface area contributed by atoms with Gasteiger partial charge in [-0.3, -0.25) is 4.90 Å². The summed E-state index contributed by atoms with van der Waals surface area (Å²) in [5.41, 5.74) is 3.81. The molecule has 7 heteroatoms. The van der Waals surface area contributed by atoms with Crippen molar-refractivity contribution in [2.45, 2.75) is 24.9 Å². The first-order valence-electron chi connectivity index (χ1n) is 10.9. The van der Waals surface area contributed by atoms with Crippen molar-refractivity contribution in [3.8, 4) is 0 Å². The Morgan fingerprint density at radius 1 is 0.781 bits per heavy atom. The molecule has 32 heavy (non-hydrogen) atoms. The molecule has 0 N–H and O–H groups in total. The lowest BCUT2D eigenvalue weighted by molar-refractivity contribution is 0.181. The number of hydrogen-bond donors (Lipinski definition) is 0. The summed E-state index contributed by atoms with van der Waals surface area (Å²) >= 11 is 0. The highest BCUT2D eigenvalue weighted by molar-refractivity contribution is 7.89. The predicted octanol–water partition coefficient (Wildman–Crippen LogP) is 4.74. The second-order valence-corrected chi connectivity index (χ2v) is 10.0. The molecular formula is C25H28ClN3O2S. The van der Waals surface area contributed by atoms with Crippen molar-refractivity contribution in [1.29, 1.82) is 0 Å². The van der Waals surface area contributed by atoms with Gasteiger partial charge >= 0.3 is 0 Å². The van der Waals surface area contributed by atoms with Gasteiger partial charge in [0.25, 0.3) is 0 Å². The van der Waals surface area contributed by atoms with Gasteiger partial charge in [-0.15, -0.1) is 12.4 Å². The summed E-state index contributed by atoms with van der Waals surface area (Å²) in [6.07, 6.45) is 0. The van der Waals surface area contributed by atoms with Gasteiger partial charge < -0.3 is 4.57 Å². The molecule has 1 saturated heterocycles. The van der Waals surface area contributed by atoms with E-state index in [0.717, 1.165) is 26.2 Å². The lowest BCUT2D eigenvalue weighted by Gasteiger charge is -2.34. The first-order chi connectivity index (χ1) is 15.1. The number of fused-ring (bicyclic) bond motifs is 3. The van der Waals surface area contributed by atoms with E-state index in [-0.39, 0.29) is 12.4 Å². The van der Waals surface area contributed by atoms with Crippen molar-refractivity contribution >= 4 is 44.2 Å². The quantitative estimate of drug-likeness (QED) is 0.424. The summed E-state index contributed by atoms with van der Waals surface area (Å²) < 4.78 is 29.7. The number of aromatic nitrogens is 1. The monoisotopic (exact) mass is 469 g/mol. The first-order valence-corrected chi connectivity index (χ1v) is 12.3. The minimum atomic E-state index is -3.41. The summed E-state index contributed by atoms with van der Waals surface area (Å²) in [4.78, 5) is 2.72. The summed E-state index contributed by atoms with van der Waals surface area (Å²) in [5, 5.41) is 2.58. The highest BCUT2D eigenvalue weighted by Gasteiger charge is 2.28. The molecule has 5 nitrogen and oxygen atoms in total. The highest BCUT2D eigenvalue weighted by atomic mass is 35.5. The fraction of sp³-hybridized carbons (Fsp3) is 0.280. The Balaban J connectivity index is 0.00000245. The summed E-state index contributed by atoms with van der Waals surface area (Å²) in [5.74, 6) is 0. The Labute approximate surface area is 195 Å². The molecule has 0 atom stereocenters. The average molecular weight is 470 g/mol. The minimum Gasteiger partial charge on any atom is -0.341 e. The van der Waals surface area contributed by atoms with E-state index in [9.17, 15) is 8.42 Å². The van der Waals surface area contributed by atoms with Gasteiger partial charge in [-0.1, -0.05) is 42.5 Å². The molecule has 2 heterocycles. The lowest BCUT2D eigenvalue weighted by atomic mass is 10.1. The maximum absolute atomic E-state index is 12.9. The van der Waals surface area contributed by atoms with Gasteiger partial charge in [0.1, 0.15) is 0 Å². The van der Waals surface area contributed by atoms with Crippen LogP contribution >= 0.6 is 12.4 Å². The van der Waals surface area contributed by atoms with Gasteiger partial charge in [0.15, 0.2) is 0 Å². The number of rotatable bonds is 5. The average Bonchev–Trinajstić information content (AvgIpc) is 3.13. The second-order valence-electron chi connectivity index (χ2n) is 8.11. The molecule has 3 aromatic carbocycles. The number of benzene rings is 3. The van der Waals surface area contributed by atoms with Crippen LogP contribution in [0.4, 0.5) is 0 Å². The van der Waals surface area contributed by atoms with E-state index in [0.29, 0.717) is 18.0 Å². The Hall–Kier alpha value is -2.38. The normalized spacial score (nSPS) is 15.8. The van der Waals surface area contributed by atoms with Crippen LogP contribution in [-0.4, -0.2) is 48.4 Å². The Kier molecular flexibility index (Phi) is 6.58. The molecule has 0 unspecified atom stereocenters. The van der Waals surface area contributed by atoms with Crippen LogP contribution in [0, 0.1) is 0 Å². The van der Waals surface area contributed by atoms with Crippen molar-refractivity contribution in [2.75, 3.05) is 26.2 Å². The molecule has 1 fully saturated rings. The van der Waals surface area contributed by atoms with E-state index < -0.39 is 10.0 Å². The largest absolute Gasteiger partial charge is 0.341 e. The molecule has 1 aliphatic heterocycles. The molecular weight excluding hydrogens is 442 g/mol. The number of sulfonamides is 1. The number of piperazine rings is 1. The van der Waals surface area contributed by atoms with Crippen molar-refractivity contribution in [1.82, 2.24) is 13.8 Å². The van der Waals surface area contributed by atoms with Gasteiger partial charge in [0.2, 0.25) is 10.0 Å². The summed E-state index contributed by atoms with van der Waals surface area (Å²) in [6, 6.07) is 24.0. The SMILES string of the molecule is CCn1c2ccccc2c2cc(CN3CCN(S(=O)(=O)c4ccccc4)CC3)ccc21.Cl. The van der Waals surface area contributed by atoms with Crippen molar-refractivity contribution in [3.63, 3.8) is 0 Å². The maximum atomic E-state index is 12.9. The molecule has 0 spiro atoms. The summed E-state index contributed by atoms with van der Waals surface area (Å²) in [7, 11) is -3.41. The van der Waals surface area contributed by atoms with E-state index in [2.05, 4.69) is 58.9 Å². The molecule has 1 aromatic heterocycles. The zero-order valence-electron chi connectivity index (χ0n) is 18.1. The predicted molar refractivity (Wildman–Crippen MR) is 133 cm³/mol. The number of halogens is 1. The molecule has 168 valence electrons. The van der Waals surface area contributed by atoms with E-state index >= 15 is 0 Å². The third kappa shape index (κ3) is 4.04. The first kappa shape index (κ1) is 22.8. The zero-order valence-corrected chi connectivity index (χ0v) is 19.8. The second kappa shape index (κ2) is 9.24. The number of para-hydroxylation sites is 1. The van der Waals surface area contributed by atoms with Crippen LogP contribution in [0.1, 0.15) is 12.5 Å². The zero-order chi connectivity index (χ0) is 21.4. The lowest BCUT2D eigenvalue weighted by Crippen LogP contribution is -2.48. The van der Waals surface area contributed by atoms with Crippen LogP contribution in [0.2, 0.25) is 0 Å². The Morgan fingerprint density at radius 2 is 1.44 bits per heavy atom. The van der Waals surface area contributed by atoms with Gasteiger partial charge in [0.05, 0.1) is 4.90 Å². The fourth-order valence-electron chi connectivity index (χ4n) is 4.67. The van der Waals surface area contributed by atoms with E-state index in [4.69, 9.17) is 0 Å². The third-order valence-corrected chi connectivity index (χ3v) is 8.18. The number of hydrogen-bond acceptors (Lipinski definition) is 3. The van der Waals surface area contributed by atoms with Crippen molar-refractivity contribution < 1.29 is 8.42 Å². The van der Waals surface area contributed by atoms with E-state index in [1.165, 1.54) is 27.4 Å². The van der Waals surface area contributed by atoms with Crippen LogP contribution < -0.4 is 0 Å². The standard InChI is InChI=1S/C25H27N3O2S.ClH/c1-2-28-24-11-7-6-10-22(24)23-18-20(12-13-25(23)28)19-26-14-16-27(17-15-26)31(29,30)21-8-4-3-5-9-21;/h3-13,18H,2,14-17,19H2,1H3;1H. The summed E-state index contributed by atoms with van der Waals surface area (Å²) in [6.45, 7) is 6.48. The number of nitrogens with zero attached hydrogens (tertiary/aromatic N) is 3. The molecule has 1 aliphatic rings. The van der Waals surface area contributed by atoms with Gasteiger partial charge in [0, 0.05) is 61.1 Å².